The van der Waals surface area contributed by atoms with E-state index in [9.17, 15) is 4.79 Å². The molecule has 1 rings (SSSR count). The number of nitrogens with two attached hydrogens (primary N) is 1. The third-order valence-corrected chi connectivity index (χ3v) is 3.34. The van der Waals surface area contributed by atoms with E-state index in [1.807, 2.05) is 0 Å². The fourth-order valence-corrected chi connectivity index (χ4v) is 2.49. The summed E-state index contributed by atoms with van der Waals surface area (Å²) in [4.78, 5) is 11.8. The predicted molar refractivity (Wildman–Crippen MR) is 67.0 cm³/mol. The molecule has 3 atom stereocenters. The predicted octanol–water partition coefficient (Wildman–Crippen LogP) is 2.05. The number of rotatable bonds is 4. The van der Waals surface area contributed by atoms with Gasteiger partial charge >= 0.3 is 0 Å². The van der Waals surface area contributed by atoms with Gasteiger partial charge in [0.15, 0.2) is 0 Å². The van der Waals surface area contributed by atoms with E-state index in [0.717, 1.165) is 25.2 Å². The van der Waals surface area contributed by atoms with E-state index in [1.165, 1.54) is 12.8 Å². The van der Waals surface area contributed by atoms with Crippen molar-refractivity contribution in [3.05, 3.63) is 0 Å². The van der Waals surface area contributed by atoms with Crippen LogP contribution in [0.1, 0.15) is 52.9 Å². The number of amides is 1. The van der Waals surface area contributed by atoms with Crippen LogP contribution >= 0.6 is 0 Å². The van der Waals surface area contributed by atoms with E-state index in [-0.39, 0.29) is 11.9 Å². The Morgan fingerprint density at radius 3 is 2.69 bits per heavy atom. The smallest absolute Gasteiger partial charge is 0.237 e. The highest BCUT2D eigenvalue weighted by atomic mass is 16.2. The van der Waals surface area contributed by atoms with Crippen molar-refractivity contribution < 1.29 is 4.79 Å². The van der Waals surface area contributed by atoms with Crippen LogP contribution in [0.2, 0.25) is 0 Å². The van der Waals surface area contributed by atoms with E-state index < -0.39 is 0 Å². The normalized spacial score (nSPS) is 27.8. The largest absolute Gasteiger partial charge is 0.352 e. The Kier molecular flexibility index (Phi) is 5.26. The van der Waals surface area contributed by atoms with Crippen LogP contribution in [0.5, 0.6) is 0 Å². The summed E-state index contributed by atoms with van der Waals surface area (Å²) in [5, 5.41) is 3.09. The molecule has 94 valence electrons. The Hall–Kier alpha value is -0.570. The van der Waals surface area contributed by atoms with Crippen molar-refractivity contribution in [3.8, 4) is 0 Å². The molecule has 1 aliphatic carbocycles. The molecule has 1 fully saturated rings. The minimum atomic E-state index is -0.336. The van der Waals surface area contributed by atoms with Crippen molar-refractivity contribution in [2.24, 2.45) is 17.6 Å². The minimum Gasteiger partial charge on any atom is -0.352 e. The first-order chi connectivity index (χ1) is 7.49. The highest BCUT2D eigenvalue weighted by Gasteiger charge is 2.23. The molecule has 16 heavy (non-hydrogen) atoms. The van der Waals surface area contributed by atoms with Crippen molar-refractivity contribution in [1.29, 1.82) is 0 Å². The van der Waals surface area contributed by atoms with E-state index >= 15 is 0 Å². The molecule has 0 aliphatic heterocycles. The summed E-state index contributed by atoms with van der Waals surface area (Å²) in [5.41, 5.74) is 5.86. The van der Waals surface area contributed by atoms with Crippen LogP contribution in [0.4, 0.5) is 0 Å². The van der Waals surface area contributed by atoms with Crippen LogP contribution in [-0.2, 0) is 4.79 Å². The fourth-order valence-electron chi connectivity index (χ4n) is 2.49. The summed E-state index contributed by atoms with van der Waals surface area (Å²) in [7, 11) is 0. The molecule has 3 heteroatoms. The van der Waals surface area contributed by atoms with Crippen molar-refractivity contribution in [2.75, 3.05) is 0 Å². The van der Waals surface area contributed by atoms with Crippen LogP contribution < -0.4 is 11.1 Å². The Morgan fingerprint density at radius 1 is 1.44 bits per heavy atom. The van der Waals surface area contributed by atoms with Gasteiger partial charge in [-0.1, -0.05) is 33.6 Å². The quantitative estimate of drug-likeness (QED) is 0.771. The van der Waals surface area contributed by atoms with Crippen molar-refractivity contribution in [2.45, 2.75) is 65.0 Å². The van der Waals surface area contributed by atoms with Gasteiger partial charge in [0.1, 0.15) is 0 Å². The highest BCUT2D eigenvalue weighted by Crippen LogP contribution is 2.23. The zero-order chi connectivity index (χ0) is 12.1. The maximum atomic E-state index is 11.8. The van der Waals surface area contributed by atoms with Gasteiger partial charge < -0.3 is 11.1 Å². The zero-order valence-corrected chi connectivity index (χ0v) is 10.8. The molecule has 1 amide bonds. The Bertz CT molecular complexity index is 228. The monoisotopic (exact) mass is 226 g/mol. The molecule has 3 nitrogen and oxygen atoms in total. The SMILES string of the molecule is CC(C)CC(N)C(=O)NC1CCCC(C)C1. The molecule has 1 aliphatic rings. The van der Waals surface area contributed by atoms with Gasteiger partial charge in [-0.3, -0.25) is 4.79 Å². The first-order valence-corrected chi connectivity index (χ1v) is 6.55. The maximum Gasteiger partial charge on any atom is 0.237 e. The first-order valence-electron chi connectivity index (χ1n) is 6.55. The van der Waals surface area contributed by atoms with E-state index in [1.54, 1.807) is 0 Å². The molecule has 3 N–H and O–H groups in total. The molecule has 0 spiro atoms. The lowest BCUT2D eigenvalue weighted by molar-refractivity contribution is -0.123. The lowest BCUT2D eigenvalue weighted by Crippen LogP contribution is -2.47. The van der Waals surface area contributed by atoms with E-state index in [4.69, 9.17) is 5.73 Å². The number of hydrogen-bond donors (Lipinski definition) is 2. The molecule has 0 radical (unpaired) electrons. The molecular weight excluding hydrogens is 200 g/mol. The number of nitrogens with one attached hydrogen (secondary N) is 1. The van der Waals surface area contributed by atoms with Gasteiger partial charge in [0, 0.05) is 6.04 Å². The zero-order valence-electron chi connectivity index (χ0n) is 10.8. The van der Waals surface area contributed by atoms with Crippen LogP contribution in [-0.4, -0.2) is 18.0 Å². The molecule has 0 bridgehead atoms. The van der Waals surface area contributed by atoms with Gasteiger partial charge in [0.25, 0.3) is 0 Å². The van der Waals surface area contributed by atoms with Crippen LogP contribution in [0.3, 0.4) is 0 Å². The van der Waals surface area contributed by atoms with E-state index in [0.29, 0.717) is 12.0 Å². The Morgan fingerprint density at radius 2 is 2.12 bits per heavy atom. The second-order valence-electron chi connectivity index (χ2n) is 5.71. The standard InChI is InChI=1S/C13H26N2O/c1-9(2)7-12(14)13(16)15-11-6-4-5-10(3)8-11/h9-12H,4-8,14H2,1-3H3,(H,15,16). The summed E-state index contributed by atoms with van der Waals surface area (Å²) in [5.74, 6) is 1.25. The average molecular weight is 226 g/mol. The topological polar surface area (TPSA) is 55.1 Å². The van der Waals surface area contributed by atoms with Gasteiger partial charge in [-0.15, -0.1) is 0 Å². The van der Waals surface area contributed by atoms with Gasteiger partial charge in [0.2, 0.25) is 5.91 Å². The second kappa shape index (κ2) is 6.24. The van der Waals surface area contributed by atoms with Gasteiger partial charge in [-0.2, -0.15) is 0 Å². The Labute approximate surface area is 99.2 Å². The van der Waals surface area contributed by atoms with Crippen molar-refractivity contribution >= 4 is 5.91 Å². The summed E-state index contributed by atoms with van der Waals surface area (Å²) in [6.45, 7) is 6.44. The lowest BCUT2D eigenvalue weighted by atomic mass is 9.87. The number of hydrogen-bond acceptors (Lipinski definition) is 2. The van der Waals surface area contributed by atoms with Crippen LogP contribution in [0.15, 0.2) is 0 Å². The fraction of sp³-hybridized carbons (Fsp3) is 0.923. The highest BCUT2D eigenvalue weighted by molar-refractivity contribution is 5.81. The minimum absolute atomic E-state index is 0.0350. The average Bonchev–Trinajstić information content (AvgIpc) is 2.16. The second-order valence-corrected chi connectivity index (χ2v) is 5.71. The van der Waals surface area contributed by atoms with Crippen molar-refractivity contribution in [1.82, 2.24) is 5.32 Å². The number of carbonyl (C=O) groups excluding carboxylic acids is 1. The molecule has 1 saturated carbocycles. The first kappa shape index (κ1) is 13.5. The van der Waals surface area contributed by atoms with Gasteiger partial charge in [-0.05, 0) is 31.1 Å². The lowest BCUT2D eigenvalue weighted by Gasteiger charge is -2.28. The Balaban J connectivity index is 2.32. The summed E-state index contributed by atoms with van der Waals surface area (Å²) >= 11 is 0. The van der Waals surface area contributed by atoms with Gasteiger partial charge in [0.05, 0.1) is 6.04 Å². The molecule has 0 aromatic rings. The summed E-state index contributed by atoms with van der Waals surface area (Å²) < 4.78 is 0. The molecule has 0 aromatic carbocycles. The third kappa shape index (κ3) is 4.52. The van der Waals surface area contributed by atoms with Crippen molar-refractivity contribution in [3.63, 3.8) is 0 Å². The molecule has 0 heterocycles. The van der Waals surface area contributed by atoms with Crippen LogP contribution in [0.25, 0.3) is 0 Å². The number of carbonyl (C=O) groups is 1. The molecule has 0 aromatic heterocycles. The van der Waals surface area contributed by atoms with E-state index in [2.05, 4.69) is 26.1 Å². The van der Waals surface area contributed by atoms with Crippen LogP contribution in [0, 0.1) is 11.8 Å². The third-order valence-electron chi connectivity index (χ3n) is 3.34. The molecule has 3 unspecified atom stereocenters. The van der Waals surface area contributed by atoms with Gasteiger partial charge in [-0.25, -0.2) is 0 Å². The summed E-state index contributed by atoms with van der Waals surface area (Å²) in [6.07, 6.45) is 5.52. The molecule has 0 saturated heterocycles. The molecular formula is C13H26N2O. The maximum absolute atomic E-state index is 11.8. The summed E-state index contributed by atoms with van der Waals surface area (Å²) in [6, 6.07) is 0.0201.